The number of carbonyl (C=O) groups excluding carboxylic acids is 2. The van der Waals surface area contributed by atoms with Crippen molar-refractivity contribution in [1.82, 2.24) is 9.62 Å². The van der Waals surface area contributed by atoms with Crippen LogP contribution in [-0.4, -0.2) is 44.2 Å². The number of hydrogen-bond acceptors (Lipinski definition) is 5. The minimum Gasteiger partial charge on any atom is -0.351 e. The average molecular weight is 458 g/mol. The average Bonchev–Trinajstić information content (AvgIpc) is 3.22. The Morgan fingerprint density at radius 2 is 1.90 bits per heavy atom. The summed E-state index contributed by atoms with van der Waals surface area (Å²) in [5.41, 5.74) is 0.354. The van der Waals surface area contributed by atoms with Gasteiger partial charge in [0.2, 0.25) is 15.9 Å². The lowest BCUT2D eigenvalue weighted by Crippen LogP contribution is -2.30. The van der Waals surface area contributed by atoms with Crippen molar-refractivity contribution in [3.8, 4) is 0 Å². The predicted molar refractivity (Wildman–Crippen MR) is 116 cm³/mol. The van der Waals surface area contributed by atoms with Crippen molar-refractivity contribution in [3.05, 3.63) is 45.6 Å². The first kappa shape index (κ1) is 23.3. The first-order chi connectivity index (χ1) is 13.8. The lowest BCUT2D eigenvalue weighted by atomic mass is 10.2. The summed E-state index contributed by atoms with van der Waals surface area (Å²) in [6.07, 6.45) is 0.645. The molecule has 0 unspecified atom stereocenters. The molecule has 7 nitrogen and oxygen atoms in total. The molecule has 0 aliphatic heterocycles. The van der Waals surface area contributed by atoms with Crippen molar-refractivity contribution in [2.24, 2.45) is 0 Å². The van der Waals surface area contributed by atoms with E-state index in [1.165, 1.54) is 27.8 Å². The van der Waals surface area contributed by atoms with Crippen LogP contribution in [0.1, 0.15) is 36.4 Å². The van der Waals surface area contributed by atoms with Gasteiger partial charge < -0.3 is 10.6 Å². The number of sulfonamides is 1. The van der Waals surface area contributed by atoms with Gasteiger partial charge in [-0.2, -0.15) is 4.31 Å². The predicted octanol–water partition coefficient (Wildman–Crippen LogP) is 3.58. The Morgan fingerprint density at radius 1 is 1.17 bits per heavy atom. The molecule has 0 spiro atoms. The number of halogens is 1. The Labute approximate surface area is 180 Å². The van der Waals surface area contributed by atoms with Crippen LogP contribution in [0.4, 0.5) is 5.69 Å². The monoisotopic (exact) mass is 457 g/mol. The Balaban J connectivity index is 1.93. The highest BCUT2D eigenvalue weighted by atomic mass is 35.5. The van der Waals surface area contributed by atoms with E-state index in [0.717, 1.165) is 0 Å². The molecule has 0 aliphatic carbocycles. The highest BCUT2D eigenvalue weighted by molar-refractivity contribution is 7.89. The summed E-state index contributed by atoms with van der Waals surface area (Å²) >= 11 is 7.44. The number of nitrogens with zero attached hydrogens (tertiary/aromatic N) is 1. The van der Waals surface area contributed by atoms with Crippen molar-refractivity contribution in [2.75, 3.05) is 25.0 Å². The molecule has 2 N–H and O–H groups in total. The van der Waals surface area contributed by atoms with E-state index in [2.05, 4.69) is 10.6 Å². The summed E-state index contributed by atoms with van der Waals surface area (Å²) < 4.78 is 26.7. The van der Waals surface area contributed by atoms with Crippen LogP contribution in [-0.2, 0) is 14.8 Å². The van der Waals surface area contributed by atoms with Crippen molar-refractivity contribution < 1.29 is 18.0 Å². The van der Waals surface area contributed by atoms with Crippen LogP contribution >= 0.6 is 22.9 Å². The summed E-state index contributed by atoms with van der Waals surface area (Å²) in [6, 6.07) is 7.91. The minimum absolute atomic E-state index is 0.0381. The van der Waals surface area contributed by atoms with Crippen molar-refractivity contribution >= 4 is 50.5 Å². The maximum Gasteiger partial charge on any atom is 0.261 e. The van der Waals surface area contributed by atoms with Gasteiger partial charge in [0.15, 0.2) is 0 Å². The Bertz CT molecular complexity index is 942. The Morgan fingerprint density at radius 3 is 2.52 bits per heavy atom. The number of amides is 2. The highest BCUT2D eigenvalue weighted by Gasteiger charge is 2.24. The minimum atomic E-state index is -3.74. The standard InChI is InChI=1S/C19H24ClN3O4S2/c1-3-23(4-2)29(26,27)17-13-14(9-10-15(17)20)22-18(24)8-5-11-21-19(25)16-7-6-12-28-16/h6-7,9-10,12-13H,3-5,8,11H2,1-2H3,(H,21,25)(H,22,24). The summed E-state index contributed by atoms with van der Waals surface area (Å²) in [5.74, 6) is -0.437. The SMILES string of the molecule is CCN(CC)S(=O)(=O)c1cc(NC(=O)CCCNC(=O)c2cccs2)ccc1Cl. The van der Waals surface area contributed by atoms with E-state index in [0.29, 0.717) is 36.6 Å². The lowest BCUT2D eigenvalue weighted by Gasteiger charge is -2.19. The van der Waals surface area contributed by atoms with Crippen molar-refractivity contribution in [1.29, 1.82) is 0 Å². The third-order valence-corrected chi connectivity index (χ3v) is 7.55. The van der Waals surface area contributed by atoms with Crippen LogP contribution in [0, 0.1) is 0 Å². The Hall–Kier alpha value is -1.94. The zero-order valence-corrected chi connectivity index (χ0v) is 18.7. The molecule has 1 aromatic carbocycles. The maximum absolute atomic E-state index is 12.7. The van der Waals surface area contributed by atoms with Crippen LogP contribution < -0.4 is 10.6 Å². The second kappa shape index (κ2) is 10.7. The number of nitrogens with one attached hydrogen (secondary N) is 2. The van der Waals surface area contributed by atoms with Gasteiger partial charge in [0.25, 0.3) is 5.91 Å². The van der Waals surface area contributed by atoms with E-state index in [4.69, 9.17) is 11.6 Å². The van der Waals surface area contributed by atoms with Gasteiger partial charge in [0, 0.05) is 31.7 Å². The number of anilines is 1. The van der Waals surface area contributed by atoms with E-state index in [-0.39, 0.29) is 28.2 Å². The summed E-state index contributed by atoms with van der Waals surface area (Å²) in [5, 5.41) is 7.36. The molecular formula is C19H24ClN3O4S2. The van der Waals surface area contributed by atoms with Gasteiger partial charge >= 0.3 is 0 Å². The molecular weight excluding hydrogens is 434 g/mol. The molecule has 0 bridgehead atoms. The van der Waals surface area contributed by atoms with Gasteiger partial charge in [-0.1, -0.05) is 31.5 Å². The molecule has 0 saturated carbocycles. The zero-order valence-electron chi connectivity index (χ0n) is 16.3. The summed E-state index contributed by atoms with van der Waals surface area (Å²) in [7, 11) is -3.74. The van der Waals surface area contributed by atoms with E-state index in [1.807, 2.05) is 5.38 Å². The third kappa shape index (κ3) is 6.27. The van der Waals surface area contributed by atoms with E-state index >= 15 is 0 Å². The van der Waals surface area contributed by atoms with E-state index in [9.17, 15) is 18.0 Å². The second-order valence-corrected chi connectivity index (χ2v) is 9.38. The molecule has 1 heterocycles. The topological polar surface area (TPSA) is 95.6 Å². The fourth-order valence-corrected chi connectivity index (χ4v) is 5.25. The molecule has 10 heteroatoms. The van der Waals surface area contributed by atoms with E-state index in [1.54, 1.807) is 32.0 Å². The molecule has 1 aromatic heterocycles. The van der Waals surface area contributed by atoms with Gasteiger partial charge in [-0.15, -0.1) is 11.3 Å². The Kier molecular flexibility index (Phi) is 8.63. The van der Waals surface area contributed by atoms with Crippen LogP contribution in [0.25, 0.3) is 0 Å². The lowest BCUT2D eigenvalue weighted by molar-refractivity contribution is -0.116. The van der Waals surface area contributed by atoms with Crippen molar-refractivity contribution in [2.45, 2.75) is 31.6 Å². The molecule has 158 valence electrons. The maximum atomic E-state index is 12.7. The fraction of sp³-hybridized carbons (Fsp3) is 0.368. The summed E-state index contributed by atoms with van der Waals surface area (Å²) in [6.45, 7) is 4.51. The first-order valence-electron chi connectivity index (χ1n) is 9.20. The third-order valence-electron chi connectivity index (χ3n) is 4.15. The highest BCUT2D eigenvalue weighted by Crippen LogP contribution is 2.27. The zero-order chi connectivity index (χ0) is 21.4. The summed E-state index contributed by atoms with van der Waals surface area (Å²) in [4.78, 5) is 24.6. The van der Waals surface area contributed by atoms with Gasteiger partial charge in [0.1, 0.15) is 4.90 Å². The largest absolute Gasteiger partial charge is 0.351 e. The first-order valence-corrected chi connectivity index (χ1v) is 11.9. The van der Waals surface area contributed by atoms with Crippen LogP contribution in [0.2, 0.25) is 5.02 Å². The molecule has 0 radical (unpaired) electrons. The number of thiophene rings is 1. The van der Waals surface area contributed by atoms with Crippen molar-refractivity contribution in [3.63, 3.8) is 0 Å². The molecule has 0 aliphatic rings. The molecule has 2 amide bonds. The van der Waals surface area contributed by atoms with Gasteiger partial charge in [-0.05, 0) is 36.1 Å². The number of rotatable bonds is 10. The fourth-order valence-electron chi connectivity index (χ4n) is 2.65. The normalized spacial score (nSPS) is 11.4. The van der Waals surface area contributed by atoms with Gasteiger partial charge in [0.05, 0.1) is 9.90 Å². The van der Waals surface area contributed by atoms with Gasteiger partial charge in [-0.3, -0.25) is 9.59 Å². The quantitative estimate of drug-likeness (QED) is 0.533. The molecule has 0 atom stereocenters. The number of carbonyl (C=O) groups is 2. The van der Waals surface area contributed by atoms with Crippen LogP contribution in [0.3, 0.4) is 0 Å². The number of hydrogen-bond donors (Lipinski definition) is 2. The smallest absolute Gasteiger partial charge is 0.261 e. The van der Waals surface area contributed by atoms with Crippen LogP contribution in [0.5, 0.6) is 0 Å². The second-order valence-electron chi connectivity index (χ2n) is 6.12. The molecule has 2 aromatic rings. The molecule has 0 saturated heterocycles. The van der Waals surface area contributed by atoms with E-state index < -0.39 is 10.0 Å². The van der Waals surface area contributed by atoms with Crippen LogP contribution in [0.15, 0.2) is 40.6 Å². The van der Waals surface area contributed by atoms with Gasteiger partial charge in [-0.25, -0.2) is 8.42 Å². The number of benzene rings is 1. The molecule has 0 fully saturated rings. The molecule has 29 heavy (non-hydrogen) atoms. The molecule has 2 rings (SSSR count).